The van der Waals surface area contributed by atoms with Crippen LogP contribution in [-0.4, -0.2) is 22.5 Å². The van der Waals surface area contributed by atoms with Crippen molar-refractivity contribution in [1.29, 1.82) is 0 Å². The minimum Gasteiger partial charge on any atom is -0.404 e. The lowest BCUT2D eigenvalue weighted by Gasteiger charge is -2.15. The molecule has 0 atom stereocenters. The van der Waals surface area contributed by atoms with Gasteiger partial charge in [0.15, 0.2) is 5.75 Å². The summed E-state index contributed by atoms with van der Waals surface area (Å²) in [6, 6.07) is 4.48. The second kappa shape index (κ2) is 6.84. The number of imidazole rings is 1. The number of nitrogens with one attached hydrogen (secondary N) is 1. The van der Waals surface area contributed by atoms with Crippen LogP contribution in [0.4, 0.5) is 18.9 Å². The first-order valence-corrected chi connectivity index (χ1v) is 6.98. The largest absolute Gasteiger partial charge is 0.573 e. The van der Waals surface area contributed by atoms with Gasteiger partial charge in [0, 0.05) is 30.0 Å². The predicted octanol–water partition coefficient (Wildman–Crippen LogP) is 4.05. The quantitative estimate of drug-likeness (QED) is 0.787. The summed E-state index contributed by atoms with van der Waals surface area (Å²) in [4.78, 5) is 3.92. The van der Waals surface area contributed by atoms with E-state index < -0.39 is 6.36 Å². The molecule has 0 saturated heterocycles. The molecule has 0 aliphatic carbocycles. The number of halogens is 4. The summed E-state index contributed by atoms with van der Waals surface area (Å²) in [6.45, 7) is 1.26. The van der Waals surface area contributed by atoms with Crippen LogP contribution in [0.2, 0.25) is 0 Å². The van der Waals surface area contributed by atoms with Crippen molar-refractivity contribution in [2.75, 3.05) is 11.9 Å². The topological polar surface area (TPSA) is 39.1 Å². The molecule has 0 bridgehead atoms. The fraction of sp³-hybridized carbons (Fsp3) is 0.308. The molecule has 0 spiro atoms. The number of hydrogen-bond donors (Lipinski definition) is 1. The first-order valence-electron chi connectivity index (χ1n) is 6.19. The highest BCUT2D eigenvalue weighted by Crippen LogP contribution is 2.32. The number of alkyl halides is 3. The van der Waals surface area contributed by atoms with E-state index in [1.54, 1.807) is 24.7 Å². The third kappa shape index (κ3) is 5.30. The smallest absolute Gasteiger partial charge is 0.404 e. The van der Waals surface area contributed by atoms with Gasteiger partial charge in [-0.05, 0) is 24.6 Å². The summed E-state index contributed by atoms with van der Waals surface area (Å²) in [5.41, 5.74) is 0.307. The fourth-order valence-electron chi connectivity index (χ4n) is 1.76. The second-order valence-electron chi connectivity index (χ2n) is 4.27. The van der Waals surface area contributed by atoms with Crippen LogP contribution >= 0.6 is 15.9 Å². The van der Waals surface area contributed by atoms with Crippen LogP contribution in [0.25, 0.3) is 0 Å². The van der Waals surface area contributed by atoms with Crippen LogP contribution < -0.4 is 10.1 Å². The van der Waals surface area contributed by atoms with Gasteiger partial charge in [-0.1, -0.05) is 15.9 Å². The maximum atomic E-state index is 12.4. The molecular weight excluding hydrogens is 351 g/mol. The van der Waals surface area contributed by atoms with Gasteiger partial charge in [-0.15, -0.1) is 13.2 Å². The van der Waals surface area contributed by atoms with Gasteiger partial charge in [-0.2, -0.15) is 0 Å². The number of aryl methyl sites for hydroxylation is 1. The van der Waals surface area contributed by atoms with Crippen molar-refractivity contribution < 1.29 is 17.9 Å². The molecule has 21 heavy (non-hydrogen) atoms. The van der Waals surface area contributed by atoms with Gasteiger partial charge in [0.05, 0.1) is 12.0 Å². The molecule has 0 fully saturated rings. The van der Waals surface area contributed by atoms with Gasteiger partial charge >= 0.3 is 6.36 Å². The van der Waals surface area contributed by atoms with E-state index in [1.807, 2.05) is 10.8 Å². The van der Waals surface area contributed by atoms with E-state index in [2.05, 4.69) is 31.0 Å². The van der Waals surface area contributed by atoms with Crippen molar-refractivity contribution in [3.05, 3.63) is 41.4 Å². The summed E-state index contributed by atoms with van der Waals surface area (Å²) in [5, 5.41) is 2.95. The van der Waals surface area contributed by atoms with Crippen LogP contribution in [-0.2, 0) is 6.54 Å². The standard InChI is InChI=1S/C13H13BrF3N3O/c14-10-2-3-11(12(8-10)21-13(15,16)17)19-4-1-6-20-7-5-18-9-20/h2-3,5,7-9,19H,1,4,6H2. The Morgan fingerprint density at radius 3 is 2.81 bits per heavy atom. The summed E-state index contributed by atoms with van der Waals surface area (Å²) in [5.74, 6) is -0.250. The SMILES string of the molecule is FC(F)(F)Oc1cc(Br)ccc1NCCCn1ccnc1. The number of anilines is 1. The number of nitrogens with zero attached hydrogens (tertiary/aromatic N) is 2. The zero-order valence-electron chi connectivity index (χ0n) is 10.9. The van der Waals surface area contributed by atoms with E-state index in [1.165, 1.54) is 6.07 Å². The Morgan fingerprint density at radius 2 is 2.14 bits per heavy atom. The summed E-state index contributed by atoms with van der Waals surface area (Å²) in [7, 11) is 0. The number of hydrogen-bond acceptors (Lipinski definition) is 3. The Balaban J connectivity index is 1.92. The van der Waals surface area contributed by atoms with Crippen LogP contribution in [0.5, 0.6) is 5.75 Å². The monoisotopic (exact) mass is 363 g/mol. The molecule has 2 aromatic rings. The van der Waals surface area contributed by atoms with Crippen LogP contribution in [0.15, 0.2) is 41.4 Å². The lowest BCUT2D eigenvalue weighted by Crippen LogP contribution is -2.18. The van der Waals surface area contributed by atoms with Crippen molar-refractivity contribution in [2.45, 2.75) is 19.3 Å². The highest BCUT2D eigenvalue weighted by atomic mass is 79.9. The molecule has 1 N–H and O–H groups in total. The average molecular weight is 364 g/mol. The van der Waals surface area contributed by atoms with Gasteiger partial charge in [0.1, 0.15) is 0 Å². The molecule has 114 valence electrons. The van der Waals surface area contributed by atoms with Gasteiger partial charge in [-0.25, -0.2) is 4.98 Å². The van der Waals surface area contributed by atoms with Crippen molar-refractivity contribution in [3.63, 3.8) is 0 Å². The molecular formula is C13H13BrF3N3O. The minimum atomic E-state index is -4.71. The predicted molar refractivity (Wildman–Crippen MR) is 76.2 cm³/mol. The van der Waals surface area contributed by atoms with Gasteiger partial charge in [0.2, 0.25) is 0 Å². The third-order valence-corrected chi connectivity index (χ3v) is 3.13. The Morgan fingerprint density at radius 1 is 1.33 bits per heavy atom. The maximum Gasteiger partial charge on any atom is 0.573 e. The molecule has 0 aliphatic heterocycles. The van der Waals surface area contributed by atoms with Gasteiger partial charge < -0.3 is 14.6 Å². The van der Waals surface area contributed by atoms with Crippen LogP contribution in [0.1, 0.15) is 6.42 Å². The fourth-order valence-corrected chi connectivity index (χ4v) is 2.10. The van der Waals surface area contributed by atoms with Crippen molar-refractivity contribution in [2.24, 2.45) is 0 Å². The van der Waals surface area contributed by atoms with E-state index in [4.69, 9.17) is 0 Å². The molecule has 4 nitrogen and oxygen atoms in total. The zero-order chi connectivity index (χ0) is 15.3. The van der Waals surface area contributed by atoms with E-state index >= 15 is 0 Å². The number of ether oxygens (including phenoxy) is 1. The van der Waals surface area contributed by atoms with E-state index in [9.17, 15) is 13.2 Å². The van der Waals surface area contributed by atoms with Crippen LogP contribution in [0.3, 0.4) is 0 Å². The van der Waals surface area contributed by atoms with Crippen molar-refractivity contribution >= 4 is 21.6 Å². The molecule has 0 aliphatic rings. The number of aromatic nitrogens is 2. The zero-order valence-corrected chi connectivity index (χ0v) is 12.5. The summed E-state index contributed by atoms with van der Waals surface area (Å²) < 4.78 is 43.5. The highest BCUT2D eigenvalue weighted by molar-refractivity contribution is 9.10. The van der Waals surface area contributed by atoms with E-state index in [0.29, 0.717) is 16.7 Å². The molecule has 1 aromatic carbocycles. The van der Waals surface area contributed by atoms with Crippen molar-refractivity contribution in [1.82, 2.24) is 9.55 Å². The first-order chi connectivity index (χ1) is 9.94. The van der Waals surface area contributed by atoms with E-state index in [0.717, 1.165) is 13.0 Å². The van der Waals surface area contributed by atoms with Gasteiger partial charge in [-0.3, -0.25) is 0 Å². The van der Waals surface area contributed by atoms with E-state index in [-0.39, 0.29) is 5.75 Å². The highest BCUT2D eigenvalue weighted by Gasteiger charge is 2.32. The average Bonchev–Trinajstić information content (AvgIpc) is 2.88. The Labute approximate surface area is 128 Å². The second-order valence-corrected chi connectivity index (χ2v) is 5.18. The van der Waals surface area contributed by atoms with Crippen molar-refractivity contribution in [3.8, 4) is 5.75 Å². The molecule has 8 heteroatoms. The lowest BCUT2D eigenvalue weighted by molar-refractivity contribution is -0.274. The lowest BCUT2D eigenvalue weighted by atomic mass is 10.3. The number of rotatable bonds is 6. The molecule has 2 rings (SSSR count). The summed E-state index contributed by atoms with van der Waals surface area (Å²) >= 11 is 3.13. The Bertz CT molecular complexity index is 573. The minimum absolute atomic E-state index is 0.250. The molecule has 0 amide bonds. The maximum absolute atomic E-state index is 12.4. The molecule has 0 unspecified atom stereocenters. The summed E-state index contributed by atoms with van der Waals surface area (Å²) in [6.07, 6.45) is 1.24. The van der Waals surface area contributed by atoms with Crippen LogP contribution in [0, 0.1) is 0 Å². The number of benzene rings is 1. The Kier molecular flexibility index (Phi) is 5.11. The van der Waals surface area contributed by atoms with Gasteiger partial charge in [0.25, 0.3) is 0 Å². The molecule has 1 heterocycles. The normalized spacial score (nSPS) is 11.4. The third-order valence-electron chi connectivity index (χ3n) is 2.64. The Hall–Kier alpha value is -1.70. The first kappa shape index (κ1) is 15.7. The molecule has 1 aromatic heterocycles. The molecule has 0 radical (unpaired) electrons. The molecule has 0 saturated carbocycles.